The summed E-state index contributed by atoms with van der Waals surface area (Å²) in [5.41, 5.74) is -0.346. The number of rotatable bonds is 5. The van der Waals surface area contributed by atoms with Gasteiger partial charge in [0.1, 0.15) is 0 Å². The number of hydrogen-bond acceptors (Lipinski definition) is 6. The van der Waals surface area contributed by atoms with Gasteiger partial charge < -0.3 is 10.2 Å². The molecular formula is C22H21ClF5N7O. The molecule has 2 atom stereocenters. The van der Waals surface area contributed by atoms with Crippen LogP contribution in [0.4, 0.5) is 27.9 Å². The van der Waals surface area contributed by atoms with Crippen molar-refractivity contribution in [3.63, 3.8) is 0 Å². The van der Waals surface area contributed by atoms with Crippen molar-refractivity contribution < 1.29 is 26.7 Å². The number of nitrogens with one attached hydrogen (secondary N) is 1. The van der Waals surface area contributed by atoms with E-state index in [4.69, 9.17) is 11.6 Å². The molecule has 3 aromatic heterocycles. The summed E-state index contributed by atoms with van der Waals surface area (Å²) in [6.45, 7) is 0.670. The van der Waals surface area contributed by atoms with Gasteiger partial charge in [0.25, 0.3) is 11.8 Å². The molecule has 0 unspecified atom stereocenters. The van der Waals surface area contributed by atoms with Crippen molar-refractivity contribution in [1.29, 1.82) is 0 Å². The lowest BCUT2D eigenvalue weighted by molar-refractivity contribution is -0.138. The van der Waals surface area contributed by atoms with Crippen LogP contribution in [0.5, 0.6) is 0 Å². The van der Waals surface area contributed by atoms with E-state index in [2.05, 4.69) is 25.4 Å². The number of piperidine rings is 1. The fourth-order valence-electron chi connectivity index (χ4n) is 4.15. The van der Waals surface area contributed by atoms with E-state index in [1.807, 2.05) is 0 Å². The van der Waals surface area contributed by atoms with Gasteiger partial charge in [0.2, 0.25) is 5.95 Å². The highest BCUT2D eigenvalue weighted by atomic mass is 35.5. The number of aromatic nitrogens is 5. The zero-order valence-electron chi connectivity index (χ0n) is 19.1. The zero-order valence-corrected chi connectivity index (χ0v) is 19.9. The molecular weight excluding hydrogens is 509 g/mol. The number of pyridine rings is 1. The second kappa shape index (κ2) is 9.60. The lowest BCUT2D eigenvalue weighted by atomic mass is 9.88. The monoisotopic (exact) mass is 529 g/mol. The molecule has 3 aromatic rings. The molecule has 14 heteroatoms. The summed E-state index contributed by atoms with van der Waals surface area (Å²) < 4.78 is 68.8. The Labute approximate surface area is 207 Å². The van der Waals surface area contributed by atoms with Crippen LogP contribution in [0, 0.1) is 5.92 Å². The second-order valence-corrected chi connectivity index (χ2v) is 9.07. The number of aryl methyl sites for hydroxylation is 1. The van der Waals surface area contributed by atoms with Gasteiger partial charge in [-0.2, -0.15) is 18.3 Å². The number of anilines is 1. The summed E-state index contributed by atoms with van der Waals surface area (Å²) in [5, 5.41) is 7.35. The number of likely N-dealkylation sites (tertiary alicyclic amines) is 1. The Morgan fingerprint density at radius 1 is 1.19 bits per heavy atom. The molecule has 4 heterocycles. The van der Waals surface area contributed by atoms with Crippen molar-refractivity contribution >= 4 is 23.5 Å². The maximum atomic E-state index is 14.5. The van der Waals surface area contributed by atoms with Gasteiger partial charge in [-0.15, -0.1) is 0 Å². The van der Waals surface area contributed by atoms with Crippen molar-refractivity contribution in [2.45, 2.75) is 31.5 Å². The van der Waals surface area contributed by atoms with Gasteiger partial charge in [0.05, 0.1) is 34.4 Å². The van der Waals surface area contributed by atoms with Crippen LogP contribution < -0.4 is 5.32 Å². The molecule has 1 fully saturated rings. The van der Waals surface area contributed by atoms with Gasteiger partial charge in [0, 0.05) is 44.8 Å². The maximum absolute atomic E-state index is 14.5. The van der Waals surface area contributed by atoms with Crippen LogP contribution in [-0.2, 0) is 13.2 Å². The molecule has 0 aromatic carbocycles. The minimum atomic E-state index is -4.59. The standard InChI is InChI=1S/C22H21ClF5N7O/c1-12-5-21(24,25)11-35(17(12)9-32-20-30-6-13(7-31-20)22(26,27)28)19(36)18-15(10-34(2)33-18)16-4-3-14(23)8-29-16/h3-4,6-8,10,12,17H,5,9,11H2,1-2H3,(H,30,31,32)/t12-,17-/m1/s1. The normalized spacial score (nSPS) is 19.8. The van der Waals surface area contributed by atoms with Crippen molar-refractivity contribution in [3.8, 4) is 11.3 Å². The molecule has 1 aliphatic rings. The van der Waals surface area contributed by atoms with Gasteiger partial charge in [-0.25, -0.2) is 18.7 Å². The summed E-state index contributed by atoms with van der Waals surface area (Å²) in [5.74, 6) is -4.64. The number of carbonyl (C=O) groups excluding carboxylic acids is 1. The highest BCUT2D eigenvalue weighted by Crippen LogP contribution is 2.36. The highest BCUT2D eigenvalue weighted by molar-refractivity contribution is 6.30. The Morgan fingerprint density at radius 3 is 2.50 bits per heavy atom. The first kappa shape index (κ1) is 25.7. The van der Waals surface area contributed by atoms with Crippen molar-refractivity contribution in [3.05, 3.63) is 53.2 Å². The summed E-state index contributed by atoms with van der Waals surface area (Å²) in [4.78, 5) is 26.1. The van der Waals surface area contributed by atoms with Crippen LogP contribution in [0.1, 0.15) is 29.4 Å². The topological polar surface area (TPSA) is 88.8 Å². The first-order chi connectivity index (χ1) is 16.8. The molecule has 0 saturated carbocycles. The molecule has 192 valence electrons. The van der Waals surface area contributed by atoms with Crippen molar-refractivity contribution in [2.75, 3.05) is 18.4 Å². The van der Waals surface area contributed by atoms with Gasteiger partial charge in [-0.05, 0) is 18.1 Å². The number of hydrogen-bond donors (Lipinski definition) is 1. The Bertz CT molecular complexity index is 1230. The molecule has 4 rings (SSSR count). The minimum absolute atomic E-state index is 0.0598. The Kier molecular flexibility index (Phi) is 6.86. The summed E-state index contributed by atoms with van der Waals surface area (Å²) in [7, 11) is 1.59. The number of alkyl halides is 5. The van der Waals surface area contributed by atoms with E-state index in [1.165, 1.54) is 10.9 Å². The molecule has 1 aliphatic heterocycles. The van der Waals surface area contributed by atoms with Crippen LogP contribution >= 0.6 is 11.6 Å². The Morgan fingerprint density at radius 2 is 1.89 bits per heavy atom. The van der Waals surface area contributed by atoms with E-state index in [0.29, 0.717) is 28.7 Å². The van der Waals surface area contributed by atoms with E-state index in [1.54, 1.807) is 32.3 Å². The largest absolute Gasteiger partial charge is 0.419 e. The Balaban J connectivity index is 1.60. The molecule has 1 amide bonds. The molecule has 0 bridgehead atoms. The maximum Gasteiger partial charge on any atom is 0.419 e. The van der Waals surface area contributed by atoms with Crippen molar-refractivity contribution in [2.24, 2.45) is 13.0 Å². The SMILES string of the molecule is C[C@@H]1CC(F)(F)CN(C(=O)c2nn(C)cc2-c2ccc(Cl)cn2)[C@@H]1CNc1ncc(C(F)(F)F)cn1. The first-order valence-electron chi connectivity index (χ1n) is 10.8. The van der Waals surface area contributed by atoms with Gasteiger partial charge >= 0.3 is 6.18 Å². The van der Waals surface area contributed by atoms with Crippen LogP contribution in [0.25, 0.3) is 11.3 Å². The van der Waals surface area contributed by atoms with Gasteiger partial charge in [0.15, 0.2) is 5.69 Å². The van der Waals surface area contributed by atoms with E-state index in [0.717, 1.165) is 4.90 Å². The fraction of sp³-hybridized carbons (Fsp3) is 0.409. The first-order valence-corrected chi connectivity index (χ1v) is 11.2. The second-order valence-electron chi connectivity index (χ2n) is 8.64. The molecule has 0 aliphatic carbocycles. The van der Waals surface area contributed by atoms with Crippen molar-refractivity contribution in [1.82, 2.24) is 29.6 Å². The Hall–Kier alpha value is -3.35. The van der Waals surface area contributed by atoms with E-state index in [9.17, 15) is 26.7 Å². The van der Waals surface area contributed by atoms with Crippen LogP contribution in [0.3, 0.4) is 0 Å². The minimum Gasteiger partial charge on any atom is -0.352 e. The summed E-state index contributed by atoms with van der Waals surface area (Å²) >= 11 is 5.90. The smallest absolute Gasteiger partial charge is 0.352 e. The van der Waals surface area contributed by atoms with Crippen LogP contribution in [0.15, 0.2) is 36.9 Å². The molecule has 0 spiro atoms. The van der Waals surface area contributed by atoms with E-state index in [-0.39, 0.29) is 18.2 Å². The predicted molar refractivity (Wildman–Crippen MR) is 121 cm³/mol. The average Bonchev–Trinajstić information content (AvgIpc) is 3.19. The number of amides is 1. The lowest BCUT2D eigenvalue weighted by Crippen LogP contribution is -2.57. The number of halogens is 6. The molecule has 1 N–H and O–H groups in total. The third-order valence-electron chi connectivity index (χ3n) is 5.82. The predicted octanol–water partition coefficient (Wildman–Crippen LogP) is 4.54. The third-order valence-corrected chi connectivity index (χ3v) is 6.05. The average molecular weight is 530 g/mol. The number of carbonyl (C=O) groups is 1. The molecule has 8 nitrogen and oxygen atoms in total. The molecule has 0 radical (unpaired) electrons. The third kappa shape index (κ3) is 5.55. The van der Waals surface area contributed by atoms with Crippen LogP contribution in [-0.4, -0.2) is 60.6 Å². The van der Waals surface area contributed by atoms with Gasteiger partial charge in [-0.1, -0.05) is 18.5 Å². The molecule has 1 saturated heterocycles. The number of nitrogens with zero attached hydrogens (tertiary/aromatic N) is 6. The van der Waals surface area contributed by atoms with Gasteiger partial charge in [-0.3, -0.25) is 14.5 Å². The summed E-state index contributed by atoms with van der Waals surface area (Å²) in [6, 6.07) is 2.43. The van der Waals surface area contributed by atoms with E-state index >= 15 is 0 Å². The summed E-state index contributed by atoms with van der Waals surface area (Å²) in [6.07, 6.45) is -0.869. The van der Waals surface area contributed by atoms with E-state index < -0.39 is 48.5 Å². The molecule has 36 heavy (non-hydrogen) atoms. The lowest BCUT2D eigenvalue weighted by Gasteiger charge is -2.43. The highest BCUT2D eigenvalue weighted by Gasteiger charge is 2.47. The van der Waals surface area contributed by atoms with Crippen LogP contribution in [0.2, 0.25) is 5.02 Å². The zero-order chi connectivity index (χ0) is 26.3. The quantitative estimate of drug-likeness (QED) is 0.488. The fourth-order valence-corrected chi connectivity index (χ4v) is 4.26.